The smallest absolute Gasteiger partial charge is 0.224 e. The Balaban J connectivity index is 2.33. The van der Waals surface area contributed by atoms with Crippen molar-refractivity contribution in [2.45, 2.75) is 0 Å². The van der Waals surface area contributed by atoms with Crippen molar-refractivity contribution in [2.24, 2.45) is 4.99 Å². The molecule has 0 saturated carbocycles. The summed E-state index contributed by atoms with van der Waals surface area (Å²) in [5, 5.41) is 0.241. The van der Waals surface area contributed by atoms with E-state index >= 15 is 0 Å². The SMILES string of the molecule is C/N=C\c1cccc(N(C)c2ccnc(Cl)n2)c1. The Hall–Kier alpha value is -1.94. The van der Waals surface area contributed by atoms with Crippen LogP contribution in [0.15, 0.2) is 41.5 Å². The molecule has 0 atom stereocenters. The Bertz CT molecular complexity index is 568. The summed E-state index contributed by atoms with van der Waals surface area (Å²) in [6.45, 7) is 0. The molecule has 2 rings (SSSR count). The molecule has 0 N–H and O–H groups in total. The second-order valence-corrected chi connectivity index (χ2v) is 4.06. The molecule has 0 bridgehead atoms. The zero-order valence-electron chi connectivity index (χ0n) is 10.2. The first-order valence-corrected chi connectivity index (χ1v) is 5.83. The molecule has 0 aliphatic carbocycles. The van der Waals surface area contributed by atoms with Crippen molar-refractivity contribution in [3.63, 3.8) is 0 Å². The second kappa shape index (κ2) is 5.60. The van der Waals surface area contributed by atoms with E-state index in [1.807, 2.05) is 48.5 Å². The van der Waals surface area contributed by atoms with Crippen molar-refractivity contribution in [2.75, 3.05) is 19.0 Å². The van der Waals surface area contributed by atoms with Gasteiger partial charge in [-0.25, -0.2) is 9.97 Å². The first kappa shape index (κ1) is 12.5. The number of halogens is 1. The highest BCUT2D eigenvalue weighted by atomic mass is 35.5. The number of benzene rings is 1. The molecule has 0 spiro atoms. The third-order valence-electron chi connectivity index (χ3n) is 2.49. The summed E-state index contributed by atoms with van der Waals surface area (Å²) in [6, 6.07) is 9.82. The van der Waals surface area contributed by atoms with Crippen LogP contribution in [-0.2, 0) is 0 Å². The van der Waals surface area contributed by atoms with Crippen LogP contribution in [0.5, 0.6) is 0 Å². The predicted octanol–water partition coefficient (Wildman–Crippen LogP) is 2.95. The van der Waals surface area contributed by atoms with E-state index in [9.17, 15) is 0 Å². The van der Waals surface area contributed by atoms with Crippen LogP contribution in [0.25, 0.3) is 0 Å². The lowest BCUT2D eigenvalue weighted by Gasteiger charge is -2.18. The second-order valence-electron chi connectivity index (χ2n) is 3.73. The van der Waals surface area contributed by atoms with Crippen LogP contribution in [0.1, 0.15) is 5.56 Å². The van der Waals surface area contributed by atoms with Gasteiger partial charge in [0.2, 0.25) is 5.28 Å². The molecule has 4 nitrogen and oxygen atoms in total. The number of anilines is 2. The number of hydrogen-bond donors (Lipinski definition) is 0. The lowest BCUT2D eigenvalue weighted by atomic mass is 10.2. The highest BCUT2D eigenvalue weighted by molar-refractivity contribution is 6.28. The molecule has 0 aliphatic heterocycles. The fourth-order valence-electron chi connectivity index (χ4n) is 1.61. The van der Waals surface area contributed by atoms with Gasteiger partial charge in [-0.1, -0.05) is 12.1 Å². The standard InChI is InChI=1S/C13H13ClN4/c1-15-9-10-4-3-5-11(8-10)18(2)12-6-7-16-13(14)17-12/h3-9H,1-2H3/b15-9-. The van der Waals surface area contributed by atoms with E-state index in [2.05, 4.69) is 15.0 Å². The normalized spacial score (nSPS) is 10.8. The fraction of sp³-hybridized carbons (Fsp3) is 0.154. The van der Waals surface area contributed by atoms with E-state index in [0.717, 1.165) is 17.1 Å². The molecule has 18 heavy (non-hydrogen) atoms. The molecule has 0 saturated heterocycles. The minimum atomic E-state index is 0.241. The van der Waals surface area contributed by atoms with E-state index in [4.69, 9.17) is 11.6 Å². The summed E-state index contributed by atoms with van der Waals surface area (Å²) >= 11 is 5.79. The van der Waals surface area contributed by atoms with Crippen molar-refractivity contribution in [3.8, 4) is 0 Å². The molecule has 0 unspecified atom stereocenters. The molecule has 0 fully saturated rings. The zero-order chi connectivity index (χ0) is 13.0. The van der Waals surface area contributed by atoms with Crippen LogP contribution in [-0.4, -0.2) is 30.3 Å². The van der Waals surface area contributed by atoms with Gasteiger partial charge in [0.15, 0.2) is 0 Å². The highest BCUT2D eigenvalue weighted by Crippen LogP contribution is 2.22. The lowest BCUT2D eigenvalue weighted by molar-refractivity contribution is 1.08. The molecule has 0 aliphatic rings. The van der Waals surface area contributed by atoms with Gasteiger partial charge >= 0.3 is 0 Å². The summed E-state index contributed by atoms with van der Waals surface area (Å²) in [4.78, 5) is 14.0. The third kappa shape index (κ3) is 2.84. The molecule has 2 aromatic rings. The van der Waals surface area contributed by atoms with Gasteiger partial charge in [0.1, 0.15) is 5.82 Å². The maximum atomic E-state index is 5.79. The first-order valence-electron chi connectivity index (χ1n) is 5.45. The number of rotatable bonds is 3. The van der Waals surface area contributed by atoms with Gasteiger partial charge in [-0.3, -0.25) is 4.99 Å². The predicted molar refractivity (Wildman–Crippen MR) is 75.1 cm³/mol. The maximum absolute atomic E-state index is 5.79. The van der Waals surface area contributed by atoms with E-state index in [0.29, 0.717) is 0 Å². The van der Waals surface area contributed by atoms with E-state index in [1.54, 1.807) is 13.2 Å². The van der Waals surface area contributed by atoms with Crippen molar-refractivity contribution in [3.05, 3.63) is 47.4 Å². The fourth-order valence-corrected chi connectivity index (χ4v) is 1.75. The summed E-state index contributed by atoms with van der Waals surface area (Å²) in [7, 11) is 3.68. The van der Waals surface area contributed by atoms with E-state index in [1.165, 1.54) is 0 Å². The number of nitrogens with zero attached hydrogens (tertiary/aromatic N) is 4. The highest BCUT2D eigenvalue weighted by Gasteiger charge is 2.06. The van der Waals surface area contributed by atoms with Gasteiger partial charge in [0.25, 0.3) is 0 Å². The minimum Gasteiger partial charge on any atom is -0.329 e. The monoisotopic (exact) mass is 260 g/mol. The number of aliphatic imine (C=N–C) groups is 1. The summed E-state index contributed by atoms with van der Waals surface area (Å²) in [6.07, 6.45) is 3.45. The Labute approximate surface area is 111 Å². The van der Waals surface area contributed by atoms with Gasteiger partial charge < -0.3 is 4.90 Å². The van der Waals surface area contributed by atoms with Gasteiger partial charge in [0.05, 0.1) is 0 Å². The van der Waals surface area contributed by atoms with E-state index < -0.39 is 0 Å². The van der Waals surface area contributed by atoms with Gasteiger partial charge in [-0.05, 0) is 35.4 Å². The molecule has 1 heterocycles. The zero-order valence-corrected chi connectivity index (χ0v) is 11.0. The van der Waals surface area contributed by atoms with Crippen LogP contribution in [0.2, 0.25) is 5.28 Å². The number of hydrogen-bond acceptors (Lipinski definition) is 4. The maximum Gasteiger partial charge on any atom is 0.224 e. The van der Waals surface area contributed by atoms with Crippen molar-refractivity contribution < 1.29 is 0 Å². The molecular formula is C13H13ClN4. The molecule has 0 amide bonds. The summed E-state index contributed by atoms with van der Waals surface area (Å²) in [5.74, 6) is 0.751. The third-order valence-corrected chi connectivity index (χ3v) is 2.67. The quantitative estimate of drug-likeness (QED) is 0.629. The first-order chi connectivity index (χ1) is 8.70. The molecule has 1 aromatic heterocycles. The van der Waals surface area contributed by atoms with Gasteiger partial charge in [-0.2, -0.15) is 0 Å². The largest absolute Gasteiger partial charge is 0.329 e. The van der Waals surface area contributed by atoms with Gasteiger partial charge in [0, 0.05) is 32.2 Å². The van der Waals surface area contributed by atoms with Crippen molar-refractivity contribution >= 4 is 29.3 Å². The van der Waals surface area contributed by atoms with Crippen LogP contribution in [0, 0.1) is 0 Å². The minimum absolute atomic E-state index is 0.241. The molecule has 5 heteroatoms. The Kier molecular flexibility index (Phi) is 3.89. The van der Waals surface area contributed by atoms with Crippen LogP contribution in [0.4, 0.5) is 11.5 Å². The Morgan fingerprint density at radius 3 is 2.89 bits per heavy atom. The molecule has 1 aromatic carbocycles. The number of aromatic nitrogens is 2. The Morgan fingerprint density at radius 1 is 1.33 bits per heavy atom. The van der Waals surface area contributed by atoms with Gasteiger partial charge in [-0.15, -0.1) is 0 Å². The summed E-state index contributed by atoms with van der Waals surface area (Å²) < 4.78 is 0. The van der Waals surface area contributed by atoms with Crippen LogP contribution in [0.3, 0.4) is 0 Å². The lowest BCUT2D eigenvalue weighted by Crippen LogP contribution is -2.11. The van der Waals surface area contributed by atoms with Crippen molar-refractivity contribution in [1.82, 2.24) is 9.97 Å². The topological polar surface area (TPSA) is 41.4 Å². The Morgan fingerprint density at radius 2 is 2.17 bits per heavy atom. The average Bonchev–Trinajstić information content (AvgIpc) is 2.39. The molecular weight excluding hydrogens is 248 g/mol. The molecule has 92 valence electrons. The van der Waals surface area contributed by atoms with E-state index in [-0.39, 0.29) is 5.28 Å². The van der Waals surface area contributed by atoms with Crippen molar-refractivity contribution in [1.29, 1.82) is 0 Å². The molecule has 0 radical (unpaired) electrons. The average molecular weight is 261 g/mol. The van der Waals surface area contributed by atoms with Crippen LogP contribution >= 0.6 is 11.6 Å². The summed E-state index contributed by atoms with van der Waals surface area (Å²) in [5.41, 5.74) is 2.06. The van der Waals surface area contributed by atoms with Crippen LogP contribution < -0.4 is 4.90 Å².